The van der Waals surface area contributed by atoms with E-state index in [1.165, 1.54) is 16.3 Å². The summed E-state index contributed by atoms with van der Waals surface area (Å²) in [5.74, 6) is 1.15. The summed E-state index contributed by atoms with van der Waals surface area (Å²) in [5.41, 5.74) is 7.10. The van der Waals surface area contributed by atoms with Gasteiger partial charge in [-0.05, 0) is 41.0 Å². The van der Waals surface area contributed by atoms with Gasteiger partial charge in [0.15, 0.2) is 0 Å². The first-order valence-electron chi connectivity index (χ1n) is 8.58. The molecule has 1 amide bonds. The molecule has 3 rings (SSSR count). The van der Waals surface area contributed by atoms with E-state index in [1.807, 2.05) is 0 Å². The number of amides is 1. The van der Waals surface area contributed by atoms with Crippen molar-refractivity contribution in [3.8, 4) is 0 Å². The minimum atomic E-state index is 0.0938. The molecular formula is C20H26N2O. The maximum absolute atomic E-state index is 12.5. The Hall–Kier alpha value is -1.87. The summed E-state index contributed by atoms with van der Waals surface area (Å²) in [4.78, 5) is 12.5. The molecule has 0 radical (unpaired) electrons. The van der Waals surface area contributed by atoms with E-state index >= 15 is 0 Å². The first-order chi connectivity index (χ1) is 11.1. The molecule has 23 heavy (non-hydrogen) atoms. The van der Waals surface area contributed by atoms with Gasteiger partial charge in [-0.25, -0.2) is 0 Å². The smallest absolute Gasteiger partial charge is 0.224 e. The molecule has 0 aliphatic heterocycles. The second-order valence-corrected chi connectivity index (χ2v) is 7.09. The molecule has 2 aromatic rings. The van der Waals surface area contributed by atoms with Crippen LogP contribution in [0.5, 0.6) is 0 Å². The van der Waals surface area contributed by atoms with Crippen LogP contribution in [0.3, 0.4) is 0 Å². The summed E-state index contributed by atoms with van der Waals surface area (Å²) in [5, 5.41) is 5.66. The Labute approximate surface area is 138 Å². The molecule has 0 bridgehead atoms. The first-order valence-corrected chi connectivity index (χ1v) is 8.58. The number of carbonyl (C=O) groups is 1. The highest BCUT2D eigenvalue weighted by Gasteiger charge is 2.44. The zero-order valence-electron chi connectivity index (χ0n) is 14.0. The van der Waals surface area contributed by atoms with Gasteiger partial charge < -0.3 is 11.1 Å². The van der Waals surface area contributed by atoms with Crippen LogP contribution in [-0.2, 0) is 4.79 Å². The summed E-state index contributed by atoms with van der Waals surface area (Å²) in [6.45, 7) is 4.82. The zero-order valence-corrected chi connectivity index (χ0v) is 14.0. The first kappa shape index (κ1) is 16.0. The van der Waals surface area contributed by atoms with Crippen molar-refractivity contribution in [2.24, 2.45) is 17.6 Å². The van der Waals surface area contributed by atoms with Crippen molar-refractivity contribution < 1.29 is 4.79 Å². The third-order valence-electron chi connectivity index (χ3n) is 4.74. The highest BCUT2D eigenvalue weighted by Crippen LogP contribution is 2.49. The van der Waals surface area contributed by atoms with Gasteiger partial charge in [-0.15, -0.1) is 0 Å². The van der Waals surface area contributed by atoms with Crippen LogP contribution in [0.1, 0.15) is 38.2 Å². The molecule has 0 aromatic heterocycles. The van der Waals surface area contributed by atoms with Gasteiger partial charge in [-0.2, -0.15) is 0 Å². The number of hydrogen-bond acceptors (Lipinski definition) is 2. The maximum atomic E-state index is 12.5. The lowest BCUT2D eigenvalue weighted by atomic mass is 9.99. The lowest BCUT2D eigenvalue weighted by molar-refractivity contribution is -0.123. The van der Waals surface area contributed by atoms with E-state index < -0.39 is 0 Å². The third-order valence-corrected chi connectivity index (χ3v) is 4.74. The summed E-state index contributed by atoms with van der Waals surface area (Å²) in [6.07, 6.45) is 1.88. The van der Waals surface area contributed by atoms with Crippen molar-refractivity contribution >= 4 is 16.7 Å². The average Bonchev–Trinajstić information content (AvgIpc) is 3.33. The summed E-state index contributed by atoms with van der Waals surface area (Å²) in [7, 11) is 0. The summed E-state index contributed by atoms with van der Waals surface area (Å²) in [6, 6.07) is 14.9. The molecule has 3 nitrogen and oxygen atoms in total. The fraction of sp³-hybridized carbons (Fsp3) is 0.450. The van der Waals surface area contributed by atoms with Gasteiger partial charge in [-0.3, -0.25) is 4.79 Å². The number of carbonyl (C=O) groups excluding carboxylic acids is 1. The van der Waals surface area contributed by atoms with Crippen molar-refractivity contribution in [1.82, 2.24) is 5.32 Å². The molecule has 2 aromatic carbocycles. The van der Waals surface area contributed by atoms with E-state index in [-0.39, 0.29) is 17.9 Å². The van der Waals surface area contributed by atoms with Gasteiger partial charge in [-0.1, -0.05) is 56.3 Å². The van der Waals surface area contributed by atoms with Crippen molar-refractivity contribution in [1.29, 1.82) is 0 Å². The molecule has 0 spiro atoms. The van der Waals surface area contributed by atoms with E-state index in [0.29, 0.717) is 18.4 Å². The highest BCUT2D eigenvalue weighted by atomic mass is 16.2. The van der Waals surface area contributed by atoms with Crippen molar-refractivity contribution in [2.45, 2.75) is 38.6 Å². The van der Waals surface area contributed by atoms with Gasteiger partial charge in [0.05, 0.1) is 0 Å². The Morgan fingerprint density at radius 2 is 1.96 bits per heavy atom. The van der Waals surface area contributed by atoms with E-state index in [4.69, 9.17) is 5.73 Å². The predicted octanol–water partition coefficient (Wildman–Crippen LogP) is 3.43. The molecule has 3 atom stereocenters. The van der Waals surface area contributed by atoms with Gasteiger partial charge in [0.2, 0.25) is 5.91 Å². The van der Waals surface area contributed by atoms with Crippen LogP contribution < -0.4 is 11.1 Å². The molecule has 1 fully saturated rings. The fourth-order valence-electron chi connectivity index (χ4n) is 3.49. The second kappa shape index (κ2) is 6.71. The van der Waals surface area contributed by atoms with E-state index in [1.54, 1.807) is 0 Å². The molecule has 122 valence electrons. The monoisotopic (exact) mass is 310 g/mol. The quantitative estimate of drug-likeness (QED) is 0.859. The van der Waals surface area contributed by atoms with Gasteiger partial charge in [0, 0.05) is 18.5 Å². The normalized spacial score (nSPS) is 21.4. The lowest BCUT2D eigenvalue weighted by Gasteiger charge is -2.19. The van der Waals surface area contributed by atoms with Crippen LogP contribution in [-0.4, -0.2) is 18.5 Å². The fourth-order valence-corrected chi connectivity index (χ4v) is 3.49. The summed E-state index contributed by atoms with van der Waals surface area (Å²) < 4.78 is 0. The number of rotatable bonds is 6. The Morgan fingerprint density at radius 1 is 1.22 bits per heavy atom. The second-order valence-electron chi connectivity index (χ2n) is 7.09. The minimum Gasteiger partial charge on any atom is -0.352 e. The number of nitrogens with one attached hydrogen (secondary N) is 1. The lowest BCUT2D eigenvalue weighted by Crippen LogP contribution is -2.41. The number of fused-ring (bicyclic) bond motifs is 1. The molecule has 1 aliphatic rings. The molecule has 1 saturated carbocycles. The number of benzene rings is 2. The molecule has 0 saturated heterocycles. The Morgan fingerprint density at radius 3 is 2.70 bits per heavy atom. The van der Waals surface area contributed by atoms with E-state index in [9.17, 15) is 4.79 Å². The van der Waals surface area contributed by atoms with Crippen LogP contribution in [0, 0.1) is 11.8 Å². The Balaban J connectivity index is 1.70. The van der Waals surface area contributed by atoms with Gasteiger partial charge in [0.1, 0.15) is 0 Å². The molecule has 3 N–H and O–H groups in total. The predicted molar refractivity (Wildman–Crippen MR) is 95.2 cm³/mol. The van der Waals surface area contributed by atoms with Crippen LogP contribution in [0.15, 0.2) is 42.5 Å². The third kappa shape index (κ3) is 3.56. The zero-order chi connectivity index (χ0) is 16.4. The number of nitrogens with two attached hydrogens (primary N) is 1. The molecule has 0 heterocycles. The largest absolute Gasteiger partial charge is 0.352 e. The topological polar surface area (TPSA) is 55.1 Å². The van der Waals surface area contributed by atoms with Gasteiger partial charge in [0.25, 0.3) is 0 Å². The average molecular weight is 310 g/mol. The molecule has 3 heteroatoms. The molecule has 3 unspecified atom stereocenters. The van der Waals surface area contributed by atoms with Crippen LogP contribution >= 0.6 is 0 Å². The Bertz CT molecular complexity index is 690. The van der Waals surface area contributed by atoms with E-state index in [2.05, 4.69) is 61.6 Å². The summed E-state index contributed by atoms with van der Waals surface area (Å²) >= 11 is 0. The van der Waals surface area contributed by atoms with Crippen molar-refractivity contribution in [3.05, 3.63) is 48.0 Å². The standard InChI is InChI=1S/C20H26N2O/c1-13(2)10-15(12-21)22-20(23)19-11-18(19)17-9-5-7-14-6-3-4-8-16(14)17/h3-9,13,15,18-19H,10-12,21H2,1-2H3,(H,22,23). The molecular weight excluding hydrogens is 284 g/mol. The SMILES string of the molecule is CC(C)CC(CN)NC(=O)C1CC1c1cccc2ccccc12. The van der Waals surface area contributed by atoms with E-state index in [0.717, 1.165) is 12.8 Å². The van der Waals surface area contributed by atoms with Crippen LogP contribution in [0.2, 0.25) is 0 Å². The molecule has 1 aliphatic carbocycles. The number of hydrogen-bond donors (Lipinski definition) is 2. The maximum Gasteiger partial charge on any atom is 0.224 e. The van der Waals surface area contributed by atoms with Gasteiger partial charge >= 0.3 is 0 Å². The van der Waals surface area contributed by atoms with Crippen LogP contribution in [0.4, 0.5) is 0 Å². The highest BCUT2D eigenvalue weighted by molar-refractivity contribution is 5.89. The minimum absolute atomic E-state index is 0.0938. The van der Waals surface area contributed by atoms with Crippen molar-refractivity contribution in [3.63, 3.8) is 0 Å². The Kier molecular flexibility index (Phi) is 4.67. The van der Waals surface area contributed by atoms with Crippen LogP contribution in [0.25, 0.3) is 10.8 Å². The van der Waals surface area contributed by atoms with Crippen molar-refractivity contribution in [2.75, 3.05) is 6.54 Å².